The molecule has 0 saturated heterocycles. The number of nitrogens with zero attached hydrogens (tertiary/aromatic N) is 9. The molecule has 0 atom stereocenters. The second-order valence-corrected chi connectivity index (χ2v) is 34.2. The molecule has 0 aliphatic heterocycles. The summed E-state index contributed by atoms with van der Waals surface area (Å²) in [6.45, 7) is 29.2. The van der Waals surface area contributed by atoms with Gasteiger partial charge in [0.25, 0.3) is 0 Å². The summed E-state index contributed by atoms with van der Waals surface area (Å²) in [6.07, 6.45) is 11.5. The van der Waals surface area contributed by atoms with Crippen LogP contribution in [0.25, 0.3) is 166 Å². The van der Waals surface area contributed by atoms with Gasteiger partial charge in [-0.05, 0) is 195 Å². The van der Waals surface area contributed by atoms with E-state index in [2.05, 4.69) is 339 Å². The van der Waals surface area contributed by atoms with Crippen molar-refractivity contribution < 1.29 is 60.3 Å². The summed E-state index contributed by atoms with van der Waals surface area (Å²) in [4.78, 5) is 27.4. The first kappa shape index (κ1) is 96.4. The van der Waals surface area contributed by atoms with Crippen LogP contribution in [0.15, 0.2) is 365 Å². The number of pyridine rings is 6. The first-order chi connectivity index (χ1) is 63.0. The SMILES string of the molecule is Cc1cc(-c2[c-]cccc2)ncc1-c1ccccc1.Cc1cc(-c2[c-]cccc2)ncc1-c1ccccc1.Cc1cc(-c2[c-]cccc2)ncc1-c1ccccc1.Cc1ccc(-c2[c-]ccc3c4ccccc4n(CC(C)C)c23)nc1.Cc1ccnc(-c2[c-]cc3c(c2)c2ccccc2n3CC(C)C)c1.Cc1ccnc(-c2[c-]ccc3c4ccccc4n(CC(C)C)c23)c1.[Ir].[Ir].[Ir]. The predicted molar refractivity (Wildman–Crippen MR) is 539 cm³/mol. The fraction of sp³-hybridized carbons (Fsp3) is 0.150. The van der Waals surface area contributed by atoms with Crippen molar-refractivity contribution in [1.29, 1.82) is 0 Å². The number of hydrogen-bond acceptors (Lipinski definition) is 6. The van der Waals surface area contributed by atoms with E-state index >= 15 is 0 Å². The molecule has 12 aromatic carbocycles. The Hall–Kier alpha value is -13.1. The predicted octanol–water partition coefficient (Wildman–Crippen LogP) is 30.4. The van der Waals surface area contributed by atoms with Crippen molar-refractivity contribution in [2.45, 2.75) is 103 Å². The maximum absolute atomic E-state index is 4.64. The molecule has 132 heavy (non-hydrogen) atoms. The molecule has 0 saturated carbocycles. The van der Waals surface area contributed by atoms with Crippen molar-refractivity contribution in [3.05, 3.63) is 435 Å². The van der Waals surface area contributed by atoms with E-state index < -0.39 is 0 Å². The standard InChI is InChI=1S/3C22H21N2.3C18H14N.3Ir/c1-15(2)14-24-21-10-5-4-7-17(21)18-8-6-9-19(22(18)24)20-13-16(3)11-12-23-20;1-15(2)14-24-21-10-5-4-7-17(21)18-8-6-9-19(22(18)24)20-12-11-16(3)13-23-20;1-15(2)14-24-21-7-5-4-6-18(21)19-13-17(8-9-22(19)24)20-12-16(3)10-11-23-20;3*1-14-12-18(16-10-6-3-7-11-16)19-13-17(14)15-8-4-2-5-9-15;;;/h2*4-8,10-13,15H,14H2,1-3H3;4-7,9-13,15H,14H2,1-3H3;3*2-10,12-13H,1H3;;;/q6*-1;;;. The van der Waals surface area contributed by atoms with Crippen molar-refractivity contribution in [2.24, 2.45) is 17.8 Å². The van der Waals surface area contributed by atoms with Gasteiger partial charge in [-0.2, -0.15) is 0 Å². The molecule has 9 heterocycles. The molecule has 12 heteroatoms. The van der Waals surface area contributed by atoms with Crippen molar-refractivity contribution in [3.8, 4) is 101 Å². The Kier molecular flexibility index (Phi) is 33.3. The molecular weight excluding hydrogens is 2140 g/mol. The van der Waals surface area contributed by atoms with Gasteiger partial charge in [-0.1, -0.05) is 257 Å². The van der Waals surface area contributed by atoms with Crippen LogP contribution in [0.3, 0.4) is 0 Å². The second-order valence-electron chi connectivity index (χ2n) is 34.2. The molecule has 0 unspecified atom stereocenters. The summed E-state index contributed by atoms with van der Waals surface area (Å²) >= 11 is 0. The van der Waals surface area contributed by atoms with Gasteiger partial charge < -0.3 is 43.6 Å². The molecule has 0 N–H and O–H groups in total. The average Bonchev–Trinajstić information content (AvgIpc) is 1.59. The minimum atomic E-state index is 0. The zero-order valence-electron chi connectivity index (χ0n) is 76.5. The zero-order chi connectivity index (χ0) is 89.3. The minimum Gasteiger partial charge on any atom is -0.380 e. The summed E-state index contributed by atoms with van der Waals surface area (Å²) in [5.41, 5.74) is 34.3. The first-order valence-corrected chi connectivity index (χ1v) is 44.5. The van der Waals surface area contributed by atoms with Crippen LogP contribution >= 0.6 is 0 Å². The normalized spacial score (nSPS) is 10.8. The van der Waals surface area contributed by atoms with Gasteiger partial charge in [0, 0.05) is 150 Å². The molecule has 0 amide bonds. The van der Waals surface area contributed by atoms with Crippen molar-refractivity contribution in [2.75, 3.05) is 0 Å². The molecular formula is C120H105Ir3N9-6. The van der Waals surface area contributed by atoms with E-state index in [9.17, 15) is 0 Å². The molecule has 0 bridgehead atoms. The van der Waals surface area contributed by atoms with Gasteiger partial charge in [0.15, 0.2) is 0 Å². The molecule has 663 valence electrons. The molecule has 0 fully saturated rings. The maximum Gasteiger partial charge on any atom is 0.0391 e. The smallest absolute Gasteiger partial charge is 0.0391 e. The Labute approximate surface area is 818 Å². The van der Waals surface area contributed by atoms with E-state index in [-0.39, 0.29) is 60.3 Å². The number of hydrogen-bond donors (Lipinski definition) is 0. The van der Waals surface area contributed by atoms with Crippen LogP contribution in [0, 0.1) is 95.7 Å². The van der Waals surface area contributed by atoms with Crippen LogP contribution in [-0.2, 0) is 80.0 Å². The first-order valence-electron chi connectivity index (χ1n) is 44.5. The fourth-order valence-corrected chi connectivity index (χ4v) is 16.8. The summed E-state index contributed by atoms with van der Waals surface area (Å²) in [6, 6.07) is 132. The van der Waals surface area contributed by atoms with Gasteiger partial charge in [-0.25, -0.2) is 0 Å². The third-order valence-electron chi connectivity index (χ3n) is 22.9. The molecule has 0 spiro atoms. The summed E-state index contributed by atoms with van der Waals surface area (Å²) in [5, 5.41) is 7.75. The van der Waals surface area contributed by atoms with Crippen LogP contribution in [0.4, 0.5) is 0 Å². The van der Waals surface area contributed by atoms with Crippen LogP contribution in [-0.4, -0.2) is 43.6 Å². The summed E-state index contributed by atoms with van der Waals surface area (Å²) in [7, 11) is 0. The average molecular weight is 2250 g/mol. The third kappa shape index (κ3) is 22.9. The largest absolute Gasteiger partial charge is 0.380 e. The fourth-order valence-electron chi connectivity index (χ4n) is 16.8. The topological polar surface area (TPSA) is 92.1 Å². The molecule has 9 nitrogen and oxygen atoms in total. The number of fused-ring (bicyclic) bond motifs is 9. The van der Waals surface area contributed by atoms with E-state index in [0.717, 1.165) is 87.2 Å². The van der Waals surface area contributed by atoms with Gasteiger partial charge in [0.2, 0.25) is 0 Å². The Bertz CT molecular complexity index is 7050. The Morgan fingerprint density at radius 3 is 0.977 bits per heavy atom. The van der Waals surface area contributed by atoms with E-state index in [1.165, 1.54) is 132 Å². The molecule has 21 rings (SSSR count). The number of rotatable bonds is 15. The van der Waals surface area contributed by atoms with Crippen LogP contribution in [0.1, 0.15) is 74.9 Å². The number of aromatic nitrogens is 9. The van der Waals surface area contributed by atoms with E-state index in [0.29, 0.717) is 17.8 Å². The van der Waals surface area contributed by atoms with Crippen LogP contribution in [0.2, 0.25) is 0 Å². The van der Waals surface area contributed by atoms with E-state index in [1.54, 1.807) is 0 Å². The monoisotopic (exact) mass is 2250 g/mol. The van der Waals surface area contributed by atoms with Crippen LogP contribution < -0.4 is 0 Å². The van der Waals surface area contributed by atoms with Gasteiger partial charge in [-0.15, -0.1) is 179 Å². The summed E-state index contributed by atoms with van der Waals surface area (Å²) < 4.78 is 7.28. The number of aryl methyl sites for hydroxylation is 6. The third-order valence-corrected chi connectivity index (χ3v) is 22.9. The van der Waals surface area contributed by atoms with Gasteiger partial charge in [0.1, 0.15) is 0 Å². The molecule has 9 aromatic heterocycles. The van der Waals surface area contributed by atoms with E-state index in [1.807, 2.05) is 189 Å². The minimum absolute atomic E-state index is 0. The van der Waals surface area contributed by atoms with Gasteiger partial charge >= 0.3 is 0 Å². The number of benzene rings is 12. The Balaban J connectivity index is 0.000000134. The van der Waals surface area contributed by atoms with Gasteiger partial charge in [-0.3, -0.25) is 0 Å². The molecule has 3 radical (unpaired) electrons. The quantitative estimate of drug-likeness (QED) is 0.0950. The Morgan fingerprint density at radius 1 is 0.250 bits per heavy atom. The second kappa shape index (κ2) is 45.6. The zero-order valence-corrected chi connectivity index (χ0v) is 83.7. The molecule has 21 aromatic rings. The van der Waals surface area contributed by atoms with Crippen LogP contribution in [0.5, 0.6) is 0 Å². The molecule has 0 aliphatic rings. The van der Waals surface area contributed by atoms with Crippen molar-refractivity contribution in [3.63, 3.8) is 0 Å². The maximum atomic E-state index is 4.64. The van der Waals surface area contributed by atoms with E-state index in [4.69, 9.17) is 0 Å². The number of para-hydroxylation sites is 3. The van der Waals surface area contributed by atoms with Crippen molar-refractivity contribution >= 4 is 65.4 Å². The Morgan fingerprint density at radius 2 is 0.598 bits per heavy atom. The summed E-state index contributed by atoms with van der Waals surface area (Å²) in [5.74, 6) is 1.74. The molecule has 0 aliphatic carbocycles. The van der Waals surface area contributed by atoms with Gasteiger partial charge in [0.05, 0.1) is 0 Å². The van der Waals surface area contributed by atoms with Crippen molar-refractivity contribution in [1.82, 2.24) is 43.6 Å².